The average molecular weight is 428 g/mol. The smallest absolute Gasteiger partial charge is 0.254 e. The SMILES string of the molecule is Cc1ccc(C2CCCN2CC(=O)NCc2ccc(C(=O)N3CCOCC3)cc2)s1. The van der Waals surface area contributed by atoms with Crippen LogP contribution in [-0.2, 0) is 16.1 Å². The van der Waals surface area contributed by atoms with E-state index in [0.717, 1.165) is 24.9 Å². The van der Waals surface area contributed by atoms with E-state index in [1.54, 1.807) is 0 Å². The van der Waals surface area contributed by atoms with Crippen LogP contribution in [0.5, 0.6) is 0 Å². The van der Waals surface area contributed by atoms with E-state index in [2.05, 4.69) is 29.3 Å². The third-order valence-corrected chi connectivity index (χ3v) is 6.89. The molecule has 6 nitrogen and oxygen atoms in total. The molecule has 4 rings (SSSR count). The molecule has 1 aromatic heterocycles. The minimum atomic E-state index is 0.0396. The maximum atomic E-state index is 12.5. The van der Waals surface area contributed by atoms with Gasteiger partial charge in [0.1, 0.15) is 0 Å². The van der Waals surface area contributed by atoms with Crippen molar-refractivity contribution < 1.29 is 14.3 Å². The van der Waals surface area contributed by atoms with Crippen LogP contribution >= 0.6 is 11.3 Å². The molecule has 1 atom stereocenters. The van der Waals surface area contributed by atoms with Gasteiger partial charge in [-0.05, 0) is 56.1 Å². The van der Waals surface area contributed by atoms with Crippen LogP contribution in [0.2, 0.25) is 0 Å². The first-order chi connectivity index (χ1) is 14.6. The van der Waals surface area contributed by atoms with Gasteiger partial charge in [0, 0.05) is 41.0 Å². The fraction of sp³-hybridized carbons (Fsp3) is 0.478. The fourth-order valence-electron chi connectivity index (χ4n) is 4.13. The number of carbonyl (C=O) groups is 2. The summed E-state index contributed by atoms with van der Waals surface area (Å²) in [7, 11) is 0. The third kappa shape index (κ3) is 5.09. The highest BCUT2D eigenvalue weighted by atomic mass is 32.1. The van der Waals surface area contributed by atoms with E-state index in [-0.39, 0.29) is 11.8 Å². The number of nitrogens with one attached hydrogen (secondary N) is 1. The summed E-state index contributed by atoms with van der Waals surface area (Å²) in [6.45, 7) is 6.46. The molecule has 2 saturated heterocycles. The summed E-state index contributed by atoms with van der Waals surface area (Å²) in [6.07, 6.45) is 2.25. The van der Waals surface area contributed by atoms with Gasteiger partial charge in [-0.3, -0.25) is 14.5 Å². The van der Waals surface area contributed by atoms with Crippen LogP contribution in [0.3, 0.4) is 0 Å². The maximum absolute atomic E-state index is 12.5. The first-order valence-corrected chi connectivity index (χ1v) is 11.4. The van der Waals surface area contributed by atoms with E-state index in [9.17, 15) is 9.59 Å². The largest absolute Gasteiger partial charge is 0.378 e. The molecule has 0 spiro atoms. The molecule has 1 aromatic carbocycles. The lowest BCUT2D eigenvalue weighted by atomic mass is 10.1. The molecule has 2 aromatic rings. The Morgan fingerprint density at radius 2 is 1.87 bits per heavy atom. The number of thiophene rings is 1. The number of rotatable bonds is 6. The van der Waals surface area contributed by atoms with Gasteiger partial charge in [-0.2, -0.15) is 0 Å². The number of hydrogen-bond donors (Lipinski definition) is 1. The van der Waals surface area contributed by atoms with Crippen molar-refractivity contribution >= 4 is 23.2 Å². The first kappa shape index (κ1) is 21.0. The van der Waals surface area contributed by atoms with Crippen molar-refractivity contribution in [2.24, 2.45) is 0 Å². The molecular formula is C23H29N3O3S. The molecule has 2 aliphatic heterocycles. The number of nitrogens with zero attached hydrogens (tertiary/aromatic N) is 2. The number of hydrogen-bond acceptors (Lipinski definition) is 5. The Morgan fingerprint density at radius 1 is 1.10 bits per heavy atom. The quantitative estimate of drug-likeness (QED) is 0.770. The second-order valence-corrected chi connectivity index (χ2v) is 9.27. The second-order valence-electron chi connectivity index (χ2n) is 7.96. The van der Waals surface area contributed by atoms with E-state index in [1.165, 1.54) is 9.75 Å². The lowest BCUT2D eigenvalue weighted by Crippen LogP contribution is -2.40. The molecule has 2 amide bonds. The molecule has 7 heteroatoms. The predicted molar refractivity (Wildman–Crippen MR) is 118 cm³/mol. The van der Waals surface area contributed by atoms with Gasteiger partial charge in [0.05, 0.1) is 19.8 Å². The standard InChI is InChI=1S/C23H29N3O3S/c1-17-4-9-21(30-17)20-3-2-10-26(20)16-22(27)24-15-18-5-7-19(8-6-18)23(28)25-11-13-29-14-12-25/h4-9,20H,2-3,10-16H2,1H3,(H,24,27). The van der Waals surface area contributed by atoms with Crippen LogP contribution in [0.15, 0.2) is 36.4 Å². The van der Waals surface area contributed by atoms with E-state index < -0.39 is 0 Å². The molecule has 2 fully saturated rings. The Hall–Kier alpha value is -2.22. The number of ether oxygens (including phenoxy) is 1. The van der Waals surface area contributed by atoms with Gasteiger partial charge in [0.25, 0.3) is 5.91 Å². The molecular weight excluding hydrogens is 398 g/mol. The van der Waals surface area contributed by atoms with Crippen molar-refractivity contribution in [2.45, 2.75) is 32.4 Å². The molecule has 3 heterocycles. The molecule has 0 radical (unpaired) electrons. The summed E-state index contributed by atoms with van der Waals surface area (Å²) < 4.78 is 5.30. The normalized spacial score (nSPS) is 19.8. The van der Waals surface area contributed by atoms with Gasteiger partial charge in [-0.15, -0.1) is 11.3 Å². The Labute approximate surface area is 181 Å². The zero-order valence-corrected chi connectivity index (χ0v) is 18.2. The highest BCUT2D eigenvalue weighted by Crippen LogP contribution is 2.35. The van der Waals surface area contributed by atoms with E-state index in [4.69, 9.17) is 4.74 Å². The molecule has 1 unspecified atom stereocenters. The fourth-order valence-corrected chi connectivity index (χ4v) is 5.17. The van der Waals surface area contributed by atoms with Crippen LogP contribution < -0.4 is 5.32 Å². The molecule has 30 heavy (non-hydrogen) atoms. The minimum Gasteiger partial charge on any atom is -0.378 e. The van der Waals surface area contributed by atoms with Crippen molar-refractivity contribution in [2.75, 3.05) is 39.4 Å². The van der Waals surface area contributed by atoms with Gasteiger partial charge in [-0.1, -0.05) is 12.1 Å². The molecule has 1 N–H and O–H groups in total. The second kappa shape index (κ2) is 9.73. The van der Waals surface area contributed by atoms with Gasteiger partial charge in [-0.25, -0.2) is 0 Å². The summed E-state index contributed by atoms with van der Waals surface area (Å²) in [4.78, 5) is 31.8. The van der Waals surface area contributed by atoms with Crippen molar-refractivity contribution in [3.05, 3.63) is 57.3 Å². The van der Waals surface area contributed by atoms with Crippen LogP contribution in [0, 0.1) is 6.92 Å². The lowest BCUT2D eigenvalue weighted by molar-refractivity contribution is -0.122. The van der Waals surface area contributed by atoms with Crippen molar-refractivity contribution in [3.8, 4) is 0 Å². The Morgan fingerprint density at radius 3 is 2.57 bits per heavy atom. The van der Waals surface area contributed by atoms with Crippen molar-refractivity contribution in [1.82, 2.24) is 15.1 Å². The predicted octanol–water partition coefficient (Wildman–Crippen LogP) is 2.98. The molecule has 0 aliphatic carbocycles. The van der Waals surface area contributed by atoms with E-state index in [0.29, 0.717) is 51.0 Å². The average Bonchev–Trinajstić information content (AvgIpc) is 3.41. The molecule has 2 aliphatic rings. The van der Waals surface area contributed by atoms with Crippen LogP contribution in [-0.4, -0.2) is 61.0 Å². The van der Waals surface area contributed by atoms with E-state index >= 15 is 0 Å². The molecule has 160 valence electrons. The number of carbonyl (C=O) groups excluding carboxylic acids is 2. The number of likely N-dealkylation sites (tertiary alicyclic amines) is 1. The Balaban J connectivity index is 1.27. The summed E-state index contributed by atoms with van der Waals surface area (Å²) >= 11 is 1.83. The molecule has 0 bridgehead atoms. The summed E-state index contributed by atoms with van der Waals surface area (Å²) in [5.74, 6) is 0.0847. The van der Waals surface area contributed by atoms with Gasteiger partial charge in [0.2, 0.25) is 5.91 Å². The zero-order chi connectivity index (χ0) is 20.9. The van der Waals surface area contributed by atoms with Crippen molar-refractivity contribution in [1.29, 1.82) is 0 Å². The third-order valence-electron chi connectivity index (χ3n) is 5.79. The number of benzene rings is 1. The highest BCUT2D eigenvalue weighted by Gasteiger charge is 2.28. The van der Waals surface area contributed by atoms with Crippen LogP contribution in [0.1, 0.15) is 44.6 Å². The summed E-state index contributed by atoms with van der Waals surface area (Å²) in [6, 6.07) is 12.2. The minimum absolute atomic E-state index is 0.0396. The number of amides is 2. The Bertz CT molecular complexity index is 874. The topological polar surface area (TPSA) is 61.9 Å². The number of morpholine rings is 1. The van der Waals surface area contributed by atoms with Gasteiger partial charge >= 0.3 is 0 Å². The van der Waals surface area contributed by atoms with E-state index in [1.807, 2.05) is 40.5 Å². The van der Waals surface area contributed by atoms with Crippen LogP contribution in [0.25, 0.3) is 0 Å². The number of aryl methyl sites for hydroxylation is 1. The summed E-state index contributed by atoms with van der Waals surface area (Å²) in [5.41, 5.74) is 1.67. The highest BCUT2D eigenvalue weighted by molar-refractivity contribution is 7.12. The Kier molecular flexibility index (Phi) is 6.82. The first-order valence-electron chi connectivity index (χ1n) is 10.6. The maximum Gasteiger partial charge on any atom is 0.254 e. The monoisotopic (exact) mass is 427 g/mol. The lowest BCUT2D eigenvalue weighted by Gasteiger charge is -2.26. The van der Waals surface area contributed by atoms with Crippen molar-refractivity contribution in [3.63, 3.8) is 0 Å². The summed E-state index contributed by atoms with van der Waals surface area (Å²) in [5, 5.41) is 3.03. The zero-order valence-electron chi connectivity index (χ0n) is 17.4. The van der Waals surface area contributed by atoms with Crippen LogP contribution in [0.4, 0.5) is 0 Å². The van der Waals surface area contributed by atoms with Gasteiger partial charge in [0.15, 0.2) is 0 Å². The molecule has 0 saturated carbocycles. The van der Waals surface area contributed by atoms with Gasteiger partial charge < -0.3 is 15.0 Å².